The largest absolute Gasteiger partial charge is 0.380 e. The van der Waals surface area contributed by atoms with E-state index in [4.69, 9.17) is 4.74 Å². The third kappa shape index (κ3) is 4.94. The molecule has 1 aliphatic rings. The van der Waals surface area contributed by atoms with Gasteiger partial charge in [-0.05, 0) is 12.0 Å². The zero-order valence-electron chi connectivity index (χ0n) is 12.0. The Labute approximate surface area is 116 Å². The molecule has 3 heteroatoms. The van der Waals surface area contributed by atoms with Gasteiger partial charge in [-0.2, -0.15) is 0 Å². The summed E-state index contributed by atoms with van der Waals surface area (Å²) in [7, 11) is 0. The molecule has 0 radical (unpaired) electrons. The van der Waals surface area contributed by atoms with E-state index in [2.05, 4.69) is 47.5 Å². The van der Waals surface area contributed by atoms with Crippen LogP contribution in [-0.2, 0) is 4.74 Å². The maximum atomic E-state index is 5.66. The van der Waals surface area contributed by atoms with Gasteiger partial charge in [-0.3, -0.25) is 4.90 Å². The fourth-order valence-electron chi connectivity index (χ4n) is 2.46. The Hall–Kier alpha value is -0.900. The average Bonchev–Trinajstić information content (AvgIpc) is 2.48. The molecular formula is C16H26N2O. The maximum absolute atomic E-state index is 5.66. The molecule has 1 aliphatic heterocycles. The molecular weight excluding hydrogens is 236 g/mol. The molecule has 1 atom stereocenters. The molecule has 1 unspecified atom stereocenters. The Morgan fingerprint density at radius 3 is 2.89 bits per heavy atom. The number of benzene rings is 1. The quantitative estimate of drug-likeness (QED) is 0.764. The van der Waals surface area contributed by atoms with Crippen molar-refractivity contribution in [3.8, 4) is 0 Å². The minimum Gasteiger partial charge on any atom is -0.380 e. The number of hydrogen-bond donors (Lipinski definition) is 1. The van der Waals surface area contributed by atoms with E-state index >= 15 is 0 Å². The van der Waals surface area contributed by atoms with E-state index < -0.39 is 0 Å². The lowest BCUT2D eigenvalue weighted by molar-refractivity contribution is 0.0899. The van der Waals surface area contributed by atoms with Gasteiger partial charge in [-0.1, -0.05) is 43.7 Å². The van der Waals surface area contributed by atoms with Gasteiger partial charge < -0.3 is 10.1 Å². The molecule has 0 spiro atoms. The van der Waals surface area contributed by atoms with Gasteiger partial charge in [-0.15, -0.1) is 0 Å². The summed E-state index contributed by atoms with van der Waals surface area (Å²) >= 11 is 0. The molecule has 0 saturated carbocycles. The molecule has 19 heavy (non-hydrogen) atoms. The van der Waals surface area contributed by atoms with Crippen LogP contribution >= 0.6 is 0 Å². The monoisotopic (exact) mass is 262 g/mol. The molecule has 2 rings (SSSR count). The minimum atomic E-state index is 0.464. The first-order valence-electron chi connectivity index (χ1n) is 7.48. The summed E-state index contributed by atoms with van der Waals surface area (Å²) in [5.74, 6) is 0. The normalized spacial score (nSPS) is 20.6. The van der Waals surface area contributed by atoms with E-state index in [1.807, 2.05) is 0 Å². The van der Waals surface area contributed by atoms with Gasteiger partial charge in [0.25, 0.3) is 0 Å². The molecule has 3 nitrogen and oxygen atoms in total. The highest BCUT2D eigenvalue weighted by Crippen LogP contribution is 2.16. The Morgan fingerprint density at radius 1 is 1.26 bits per heavy atom. The summed E-state index contributed by atoms with van der Waals surface area (Å²) in [5.41, 5.74) is 1.39. The average molecular weight is 262 g/mol. The van der Waals surface area contributed by atoms with Gasteiger partial charge in [-0.25, -0.2) is 0 Å². The summed E-state index contributed by atoms with van der Waals surface area (Å²) in [4.78, 5) is 2.50. The summed E-state index contributed by atoms with van der Waals surface area (Å²) < 4.78 is 5.66. The number of rotatable bonds is 7. The van der Waals surface area contributed by atoms with Crippen LogP contribution in [-0.4, -0.2) is 44.3 Å². The predicted octanol–water partition coefficient (Wildman–Crippen LogP) is 2.45. The van der Waals surface area contributed by atoms with E-state index in [0.717, 1.165) is 39.4 Å². The van der Waals surface area contributed by atoms with Crippen molar-refractivity contribution in [3.63, 3.8) is 0 Å². The molecule has 1 heterocycles. The molecule has 1 N–H and O–H groups in total. The van der Waals surface area contributed by atoms with Crippen molar-refractivity contribution in [2.75, 3.05) is 39.4 Å². The SMILES string of the molecule is CCCCOCCN1CCNC(c2ccccc2)C1. The van der Waals surface area contributed by atoms with E-state index in [1.165, 1.54) is 18.4 Å². The Morgan fingerprint density at radius 2 is 2.11 bits per heavy atom. The van der Waals surface area contributed by atoms with E-state index in [9.17, 15) is 0 Å². The Bertz CT molecular complexity index is 342. The van der Waals surface area contributed by atoms with Crippen molar-refractivity contribution in [1.29, 1.82) is 0 Å². The topological polar surface area (TPSA) is 24.5 Å². The van der Waals surface area contributed by atoms with E-state index in [-0.39, 0.29) is 0 Å². The van der Waals surface area contributed by atoms with Crippen LogP contribution < -0.4 is 5.32 Å². The van der Waals surface area contributed by atoms with Gasteiger partial charge in [0.1, 0.15) is 0 Å². The maximum Gasteiger partial charge on any atom is 0.0593 e. The minimum absolute atomic E-state index is 0.464. The van der Waals surface area contributed by atoms with Crippen molar-refractivity contribution in [2.24, 2.45) is 0 Å². The summed E-state index contributed by atoms with van der Waals surface area (Å²) in [6.07, 6.45) is 2.39. The second kappa shape index (κ2) is 8.31. The van der Waals surface area contributed by atoms with Crippen LogP contribution in [0.5, 0.6) is 0 Å². The third-order valence-electron chi connectivity index (χ3n) is 3.66. The van der Waals surface area contributed by atoms with Gasteiger partial charge in [0.15, 0.2) is 0 Å². The second-order valence-corrected chi connectivity index (χ2v) is 5.18. The highest BCUT2D eigenvalue weighted by Gasteiger charge is 2.19. The molecule has 106 valence electrons. The molecule has 1 aromatic rings. The van der Waals surface area contributed by atoms with Gasteiger partial charge in [0.2, 0.25) is 0 Å². The number of piperazine rings is 1. The van der Waals surface area contributed by atoms with Crippen LogP contribution in [0, 0.1) is 0 Å². The van der Waals surface area contributed by atoms with Crippen LogP contribution in [0.25, 0.3) is 0 Å². The smallest absolute Gasteiger partial charge is 0.0593 e. The van der Waals surface area contributed by atoms with Gasteiger partial charge in [0.05, 0.1) is 6.61 Å². The van der Waals surface area contributed by atoms with Crippen LogP contribution in [0.4, 0.5) is 0 Å². The third-order valence-corrected chi connectivity index (χ3v) is 3.66. The Balaban J connectivity index is 1.72. The number of nitrogens with zero attached hydrogens (tertiary/aromatic N) is 1. The van der Waals surface area contributed by atoms with Crippen LogP contribution in [0.2, 0.25) is 0 Å². The summed E-state index contributed by atoms with van der Waals surface area (Å²) in [6.45, 7) is 8.29. The van der Waals surface area contributed by atoms with Crippen molar-refractivity contribution in [1.82, 2.24) is 10.2 Å². The lowest BCUT2D eigenvalue weighted by Gasteiger charge is -2.33. The highest BCUT2D eigenvalue weighted by atomic mass is 16.5. The highest BCUT2D eigenvalue weighted by molar-refractivity contribution is 5.19. The molecule has 0 amide bonds. The first-order valence-corrected chi connectivity index (χ1v) is 7.48. The predicted molar refractivity (Wildman–Crippen MR) is 79.4 cm³/mol. The van der Waals surface area contributed by atoms with Crippen LogP contribution in [0.1, 0.15) is 31.4 Å². The molecule has 0 aliphatic carbocycles. The number of unbranched alkanes of at least 4 members (excludes halogenated alkanes) is 1. The standard InChI is InChI=1S/C16H26N2O/c1-2-3-12-19-13-11-18-10-9-17-16(14-18)15-7-5-4-6-8-15/h4-8,16-17H,2-3,9-14H2,1H3. The molecule has 0 aromatic heterocycles. The molecule has 1 fully saturated rings. The lowest BCUT2D eigenvalue weighted by atomic mass is 10.0. The summed E-state index contributed by atoms with van der Waals surface area (Å²) in [5, 5.41) is 3.59. The lowest BCUT2D eigenvalue weighted by Crippen LogP contribution is -2.46. The van der Waals surface area contributed by atoms with Gasteiger partial charge >= 0.3 is 0 Å². The van der Waals surface area contributed by atoms with Crippen molar-refractivity contribution < 1.29 is 4.74 Å². The first kappa shape index (κ1) is 14.5. The molecule has 0 bridgehead atoms. The first-order chi connectivity index (χ1) is 9.40. The zero-order valence-corrected chi connectivity index (χ0v) is 12.0. The molecule has 1 saturated heterocycles. The fraction of sp³-hybridized carbons (Fsp3) is 0.625. The Kier molecular flexibility index (Phi) is 6.34. The zero-order chi connectivity index (χ0) is 13.3. The van der Waals surface area contributed by atoms with Crippen LogP contribution in [0.3, 0.4) is 0 Å². The van der Waals surface area contributed by atoms with Gasteiger partial charge in [0, 0.05) is 38.8 Å². The van der Waals surface area contributed by atoms with Crippen molar-refractivity contribution in [3.05, 3.63) is 35.9 Å². The second-order valence-electron chi connectivity index (χ2n) is 5.18. The number of nitrogens with one attached hydrogen (secondary N) is 1. The van der Waals surface area contributed by atoms with Crippen LogP contribution in [0.15, 0.2) is 30.3 Å². The number of hydrogen-bond acceptors (Lipinski definition) is 3. The summed E-state index contributed by atoms with van der Waals surface area (Å²) in [6, 6.07) is 11.2. The fourth-order valence-corrected chi connectivity index (χ4v) is 2.46. The van der Waals surface area contributed by atoms with Crippen molar-refractivity contribution in [2.45, 2.75) is 25.8 Å². The molecule has 1 aromatic carbocycles. The van der Waals surface area contributed by atoms with E-state index in [1.54, 1.807) is 0 Å². The van der Waals surface area contributed by atoms with E-state index in [0.29, 0.717) is 6.04 Å². The van der Waals surface area contributed by atoms with Crippen molar-refractivity contribution >= 4 is 0 Å². The number of ether oxygens (including phenoxy) is 1.